The van der Waals surface area contributed by atoms with Crippen LogP contribution in [0.25, 0.3) is 0 Å². The summed E-state index contributed by atoms with van der Waals surface area (Å²) in [6, 6.07) is 0. The van der Waals surface area contributed by atoms with E-state index in [0.717, 1.165) is 38.8 Å². The average Bonchev–Trinajstić information content (AvgIpc) is 2.67. The second-order valence-electron chi connectivity index (χ2n) is 4.56. The van der Waals surface area contributed by atoms with E-state index in [1.165, 1.54) is 0 Å². The molecule has 1 saturated heterocycles. The first kappa shape index (κ1) is 15.1. The van der Waals surface area contributed by atoms with Crippen molar-refractivity contribution in [3.05, 3.63) is 0 Å². The third-order valence-corrected chi connectivity index (χ3v) is 3.21. The Hall–Kier alpha value is -0.980. The number of carbonyl (C=O) groups is 2. The minimum Gasteiger partial charge on any atom is -0.393 e. The lowest BCUT2D eigenvalue weighted by Crippen LogP contribution is -2.27. The van der Waals surface area contributed by atoms with E-state index in [1.54, 1.807) is 0 Å². The number of carbonyl (C=O) groups excluding carboxylic acids is 2. The van der Waals surface area contributed by atoms with Crippen molar-refractivity contribution < 1.29 is 14.3 Å². The highest BCUT2D eigenvalue weighted by Gasteiger charge is 2.44. The third kappa shape index (κ3) is 4.36. The van der Waals surface area contributed by atoms with Crippen LogP contribution in [-0.4, -0.2) is 38.1 Å². The van der Waals surface area contributed by atoms with Gasteiger partial charge in [0.25, 0.3) is 0 Å². The zero-order chi connectivity index (χ0) is 13.4. The summed E-state index contributed by atoms with van der Waals surface area (Å²) in [5, 5.41) is 3.03. The number of hydrogen-bond donors (Lipinski definition) is 3. The minimum atomic E-state index is -0.292. The van der Waals surface area contributed by atoms with Gasteiger partial charge in [-0.25, -0.2) is 0 Å². The van der Waals surface area contributed by atoms with Crippen LogP contribution in [0.15, 0.2) is 0 Å². The van der Waals surface area contributed by atoms with E-state index in [9.17, 15) is 9.59 Å². The van der Waals surface area contributed by atoms with E-state index < -0.39 is 0 Å². The smallest absolute Gasteiger partial charge is 0.317 e. The molecule has 2 rings (SSSR count). The lowest BCUT2D eigenvalue weighted by molar-refractivity contribution is -0.153. The van der Waals surface area contributed by atoms with Crippen LogP contribution in [0.5, 0.6) is 0 Å². The van der Waals surface area contributed by atoms with Crippen molar-refractivity contribution in [2.45, 2.75) is 25.7 Å². The second-order valence-corrected chi connectivity index (χ2v) is 4.56. The summed E-state index contributed by atoms with van der Waals surface area (Å²) in [5.74, 6) is -0.785. The minimum absolute atomic E-state index is 0.101. The van der Waals surface area contributed by atoms with Crippen molar-refractivity contribution in [1.82, 2.24) is 5.32 Å². The van der Waals surface area contributed by atoms with E-state index in [1.807, 2.05) is 0 Å². The molecule has 1 aliphatic carbocycles. The maximum Gasteiger partial charge on any atom is 0.317 e. The maximum absolute atomic E-state index is 11.0. The fraction of sp³-hybridized carbons (Fsp3) is 0.833. The Morgan fingerprint density at radius 2 is 1.44 bits per heavy atom. The Labute approximate surface area is 107 Å². The zero-order valence-corrected chi connectivity index (χ0v) is 10.7. The standard InChI is InChI=1S/C8H10O3.C4H13N3/c9-7-5-3-1-2-4-6(5)8(10)11-7;5-1-3-7-4-2-6/h5-6H,1-4H2;7H,1-6H2. The maximum atomic E-state index is 11.0. The van der Waals surface area contributed by atoms with Crippen molar-refractivity contribution >= 4 is 11.9 Å². The van der Waals surface area contributed by atoms with Crippen molar-refractivity contribution in [2.75, 3.05) is 26.2 Å². The van der Waals surface area contributed by atoms with Crippen LogP contribution in [0.3, 0.4) is 0 Å². The molecular weight excluding hydrogens is 234 g/mol. The number of ether oxygens (including phenoxy) is 1. The normalized spacial score (nSPS) is 26.1. The molecule has 2 aliphatic rings. The predicted octanol–water partition coefficient (Wildman–Crippen LogP) is -0.630. The van der Waals surface area contributed by atoms with E-state index >= 15 is 0 Å². The molecule has 0 spiro atoms. The monoisotopic (exact) mass is 257 g/mol. The fourth-order valence-electron chi connectivity index (χ4n) is 2.27. The molecule has 104 valence electrons. The summed E-state index contributed by atoms with van der Waals surface area (Å²) in [6.07, 6.45) is 3.80. The van der Waals surface area contributed by atoms with E-state index in [2.05, 4.69) is 10.1 Å². The van der Waals surface area contributed by atoms with Crippen molar-refractivity contribution in [1.29, 1.82) is 0 Å². The van der Waals surface area contributed by atoms with Gasteiger partial charge in [-0.3, -0.25) is 9.59 Å². The predicted molar refractivity (Wildman–Crippen MR) is 67.5 cm³/mol. The molecule has 0 bridgehead atoms. The van der Waals surface area contributed by atoms with Crippen LogP contribution in [0.1, 0.15) is 25.7 Å². The number of nitrogens with one attached hydrogen (secondary N) is 1. The molecule has 0 aromatic carbocycles. The Balaban J connectivity index is 0.000000203. The van der Waals surface area contributed by atoms with Crippen LogP contribution in [0, 0.1) is 11.8 Å². The number of esters is 2. The topological polar surface area (TPSA) is 107 Å². The number of cyclic esters (lactones) is 2. The van der Waals surface area contributed by atoms with Gasteiger partial charge in [-0.2, -0.15) is 0 Å². The largest absolute Gasteiger partial charge is 0.393 e. The first-order valence-electron chi connectivity index (χ1n) is 6.57. The van der Waals surface area contributed by atoms with Gasteiger partial charge in [0, 0.05) is 26.2 Å². The highest BCUT2D eigenvalue weighted by Crippen LogP contribution is 2.36. The van der Waals surface area contributed by atoms with Gasteiger partial charge < -0.3 is 21.5 Å². The van der Waals surface area contributed by atoms with Crippen LogP contribution in [0.2, 0.25) is 0 Å². The van der Waals surface area contributed by atoms with Gasteiger partial charge >= 0.3 is 11.9 Å². The Morgan fingerprint density at radius 1 is 1.00 bits per heavy atom. The molecule has 0 aromatic heterocycles. The van der Waals surface area contributed by atoms with Gasteiger partial charge in [-0.1, -0.05) is 12.8 Å². The summed E-state index contributed by atoms with van der Waals surface area (Å²) in [6.45, 7) is 3.13. The van der Waals surface area contributed by atoms with Crippen molar-refractivity contribution in [2.24, 2.45) is 23.3 Å². The van der Waals surface area contributed by atoms with E-state index in [0.29, 0.717) is 13.1 Å². The van der Waals surface area contributed by atoms with Crippen LogP contribution in [0.4, 0.5) is 0 Å². The van der Waals surface area contributed by atoms with Gasteiger partial charge in [0.2, 0.25) is 0 Å². The number of nitrogens with two attached hydrogens (primary N) is 2. The Morgan fingerprint density at radius 3 is 1.83 bits per heavy atom. The second kappa shape index (κ2) is 8.18. The quantitative estimate of drug-likeness (QED) is 0.351. The van der Waals surface area contributed by atoms with Gasteiger partial charge in [-0.15, -0.1) is 0 Å². The molecule has 0 amide bonds. The lowest BCUT2D eigenvalue weighted by atomic mass is 9.81. The highest BCUT2D eigenvalue weighted by molar-refractivity contribution is 5.96. The Bertz CT molecular complexity index is 258. The summed E-state index contributed by atoms with van der Waals surface area (Å²) in [5.41, 5.74) is 10.3. The lowest BCUT2D eigenvalue weighted by Gasteiger charge is -2.18. The molecule has 6 nitrogen and oxygen atoms in total. The van der Waals surface area contributed by atoms with Gasteiger partial charge in [0.05, 0.1) is 11.8 Å². The fourth-order valence-corrected chi connectivity index (χ4v) is 2.27. The molecule has 1 saturated carbocycles. The van der Waals surface area contributed by atoms with Crippen LogP contribution < -0.4 is 16.8 Å². The third-order valence-electron chi connectivity index (χ3n) is 3.21. The molecule has 0 radical (unpaired) electrons. The number of hydrogen-bond acceptors (Lipinski definition) is 6. The molecule has 1 aliphatic heterocycles. The van der Waals surface area contributed by atoms with Crippen molar-refractivity contribution in [3.63, 3.8) is 0 Å². The molecule has 0 aromatic rings. The molecule has 2 fully saturated rings. The number of rotatable bonds is 4. The summed E-state index contributed by atoms with van der Waals surface area (Å²) in [4.78, 5) is 22.0. The van der Waals surface area contributed by atoms with Gasteiger partial charge in [0.1, 0.15) is 0 Å². The summed E-state index contributed by atoms with van der Waals surface area (Å²) >= 11 is 0. The van der Waals surface area contributed by atoms with E-state index in [4.69, 9.17) is 11.5 Å². The first-order chi connectivity index (χ1) is 8.70. The average molecular weight is 257 g/mol. The Kier molecular flexibility index (Phi) is 6.85. The van der Waals surface area contributed by atoms with Crippen molar-refractivity contribution in [3.8, 4) is 0 Å². The molecular formula is C12H23N3O3. The molecule has 18 heavy (non-hydrogen) atoms. The summed E-state index contributed by atoms with van der Waals surface area (Å²) < 4.78 is 4.53. The first-order valence-corrected chi connectivity index (χ1v) is 6.57. The molecule has 5 N–H and O–H groups in total. The van der Waals surface area contributed by atoms with E-state index in [-0.39, 0.29) is 23.8 Å². The van der Waals surface area contributed by atoms with Gasteiger partial charge in [-0.05, 0) is 12.8 Å². The SMILES string of the molecule is NCCNCCN.O=C1OC(=O)C2CCCCC12. The summed E-state index contributed by atoms with van der Waals surface area (Å²) in [7, 11) is 0. The zero-order valence-electron chi connectivity index (χ0n) is 10.7. The molecule has 1 heterocycles. The van der Waals surface area contributed by atoms with Gasteiger partial charge in [0.15, 0.2) is 0 Å². The highest BCUT2D eigenvalue weighted by atomic mass is 16.6. The van der Waals surface area contributed by atoms with Crippen LogP contribution >= 0.6 is 0 Å². The number of fused-ring (bicyclic) bond motifs is 1. The van der Waals surface area contributed by atoms with Crippen LogP contribution in [-0.2, 0) is 14.3 Å². The molecule has 2 unspecified atom stereocenters. The molecule has 6 heteroatoms. The molecule has 2 atom stereocenters.